The predicted octanol–water partition coefficient (Wildman–Crippen LogP) is -16.2. The number of aliphatic hydroxyl groups is 2. The maximum atomic E-state index is 11.9. The molecule has 2 heterocycles. The van der Waals surface area contributed by atoms with Gasteiger partial charge in [0.15, 0.2) is 0 Å². The molecule has 1 saturated heterocycles. The van der Waals surface area contributed by atoms with Gasteiger partial charge in [-0.25, -0.2) is 9.11 Å². The average molecular weight is 521 g/mol. The van der Waals surface area contributed by atoms with Gasteiger partial charge in [0.1, 0.15) is 18.1 Å². The molecule has 2 rings (SSSR count). The number of anilines is 1. The van der Waals surface area contributed by atoms with E-state index in [9.17, 15) is 48.3 Å². The van der Waals surface area contributed by atoms with E-state index in [2.05, 4.69) is 18.1 Å². The van der Waals surface area contributed by atoms with Gasteiger partial charge in [0.05, 0.1) is 27.1 Å². The Bertz CT molecular complexity index is 994. The van der Waals surface area contributed by atoms with Crippen LogP contribution in [0.1, 0.15) is 18.2 Å². The van der Waals surface area contributed by atoms with Crippen molar-refractivity contribution in [1.82, 2.24) is 9.55 Å². The first-order chi connectivity index (χ1) is 13.6. The van der Waals surface area contributed by atoms with E-state index in [0.717, 1.165) is 10.8 Å². The molecule has 5 unspecified atom stereocenters. The number of rotatable bonds is 9. The first-order valence-corrected chi connectivity index (χ1v) is 12.0. The number of hydrogen-bond donors (Lipinski definition) is 3. The maximum absolute atomic E-state index is 11.9. The third-order valence-electron chi connectivity index (χ3n) is 3.54. The molecule has 1 aliphatic heterocycles. The van der Waals surface area contributed by atoms with E-state index in [-0.39, 0.29) is 93.2 Å². The predicted molar refractivity (Wildman–Crippen MR) is 84.3 cm³/mol. The SMILES string of the molecule is Nc1nc(=O)n(C2CC(O)C(COP(=O)([O-])OP(=O)([O-])OP(=O)([O-])[O-])O2)cc1CO.[Li+].[Li+].[Li+].[Li+]. The fourth-order valence-electron chi connectivity index (χ4n) is 2.33. The average Bonchev–Trinajstić information content (AvgIpc) is 2.90. The van der Waals surface area contributed by atoms with Gasteiger partial charge in [-0.3, -0.25) is 18.0 Å². The van der Waals surface area contributed by atoms with Crippen molar-refractivity contribution < 1.29 is 137 Å². The minimum absolute atomic E-state index is 0. The van der Waals surface area contributed by atoms with Crippen molar-refractivity contribution >= 4 is 29.3 Å². The number of phosphoric ester groups is 1. The number of nitrogens with two attached hydrogens (primary N) is 1. The summed E-state index contributed by atoms with van der Waals surface area (Å²) in [5.74, 6) is -0.230. The van der Waals surface area contributed by atoms with Gasteiger partial charge in [-0.15, -0.1) is 0 Å². The number of hydrogen-bond acceptors (Lipinski definition) is 16. The van der Waals surface area contributed by atoms with E-state index in [0.29, 0.717) is 0 Å². The zero-order chi connectivity index (χ0) is 22.9. The first kappa shape index (κ1) is 39.9. The first-order valence-electron chi connectivity index (χ1n) is 7.66. The van der Waals surface area contributed by atoms with Crippen molar-refractivity contribution in [1.29, 1.82) is 0 Å². The van der Waals surface area contributed by atoms with Crippen LogP contribution in [0.25, 0.3) is 0 Å². The topological polar surface area (TPSA) is 282 Å². The summed E-state index contributed by atoms with van der Waals surface area (Å²) in [6, 6.07) is 0. The summed E-state index contributed by atoms with van der Waals surface area (Å²) < 4.78 is 49.6. The van der Waals surface area contributed by atoms with Crippen LogP contribution in [-0.2, 0) is 38.2 Å². The summed E-state index contributed by atoms with van der Waals surface area (Å²) >= 11 is 0. The normalized spacial score (nSPS) is 23.2. The van der Waals surface area contributed by atoms with Crippen LogP contribution >= 0.6 is 23.5 Å². The van der Waals surface area contributed by atoms with Crippen LogP contribution in [0.15, 0.2) is 11.0 Å². The molecule has 0 saturated carbocycles. The van der Waals surface area contributed by atoms with Gasteiger partial charge in [0.25, 0.3) is 15.6 Å². The summed E-state index contributed by atoms with van der Waals surface area (Å²) in [5.41, 5.74) is 4.63. The second-order valence-corrected chi connectivity index (χ2v) is 9.98. The molecule has 24 heteroatoms. The van der Waals surface area contributed by atoms with Gasteiger partial charge < -0.3 is 49.3 Å². The smallest absolute Gasteiger partial charge is 0.790 e. The van der Waals surface area contributed by atoms with Crippen molar-refractivity contribution in [2.75, 3.05) is 12.3 Å². The zero-order valence-corrected chi connectivity index (χ0v) is 21.2. The largest absolute Gasteiger partial charge is 1.00 e. The van der Waals surface area contributed by atoms with Gasteiger partial charge in [-0.2, -0.15) is 4.98 Å². The molecule has 1 aliphatic rings. The van der Waals surface area contributed by atoms with Crippen LogP contribution < -0.4 is 106 Å². The summed E-state index contributed by atoms with van der Waals surface area (Å²) in [7, 11) is -18.0. The minimum Gasteiger partial charge on any atom is -0.790 e. The summed E-state index contributed by atoms with van der Waals surface area (Å²) in [6.07, 6.45) is -3.14. The van der Waals surface area contributed by atoms with Crippen molar-refractivity contribution in [2.24, 2.45) is 0 Å². The molecule has 172 valence electrons. The zero-order valence-electron chi connectivity index (χ0n) is 18.5. The van der Waals surface area contributed by atoms with Crippen LogP contribution in [0.3, 0.4) is 0 Å². The third-order valence-corrected chi connectivity index (χ3v) is 7.21. The van der Waals surface area contributed by atoms with Crippen molar-refractivity contribution in [3.63, 3.8) is 0 Å². The second-order valence-electron chi connectivity index (χ2n) is 5.73. The maximum Gasteiger partial charge on any atom is 1.00 e. The summed E-state index contributed by atoms with van der Waals surface area (Å²) in [6.45, 7) is -1.58. The van der Waals surface area contributed by atoms with E-state index in [1.54, 1.807) is 0 Å². The third kappa shape index (κ3) is 12.3. The molecule has 0 bridgehead atoms. The monoisotopic (exact) mass is 521 g/mol. The Kier molecular flexibility index (Phi) is 18.4. The van der Waals surface area contributed by atoms with Gasteiger partial charge in [0.2, 0.25) is 0 Å². The Labute approximate surface area is 240 Å². The fourth-order valence-corrected chi connectivity index (χ4v) is 5.20. The number of nitrogens with zero attached hydrogens (tertiary/aromatic N) is 2. The van der Waals surface area contributed by atoms with Crippen molar-refractivity contribution in [2.45, 2.75) is 31.5 Å². The van der Waals surface area contributed by atoms with E-state index >= 15 is 0 Å². The second kappa shape index (κ2) is 15.7. The minimum atomic E-state index is -6.13. The van der Waals surface area contributed by atoms with Gasteiger partial charge in [-0.05, 0) is 0 Å². The van der Waals surface area contributed by atoms with Crippen LogP contribution in [0, 0.1) is 0 Å². The molecule has 0 aromatic carbocycles. The number of ether oxygens (including phenoxy) is 1. The van der Waals surface area contributed by atoms with E-state index in [1.807, 2.05) is 0 Å². The number of nitrogen functional groups attached to an aromatic ring is 1. The Hall–Kier alpha value is 1.36. The van der Waals surface area contributed by atoms with E-state index < -0.39 is 60.8 Å². The molecule has 4 N–H and O–H groups in total. The van der Waals surface area contributed by atoms with Crippen LogP contribution in [0.4, 0.5) is 5.82 Å². The molecule has 1 aromatic rings. The van der Waals surface area contributed by atoms with Crippen LogP contribution in [0.2, 0.25) is 0 Å². The molecule has 1 aromatic heterocycles. The van der Waals surface area contributed by atoms with Gasteiger partial charge >= 0.3 is 81.1 Å². The molecule has 5 atom stereocenters. The molecular weight excluding hydrogens is 507 g/mol. The number of aliphatic hydroxyl groups excluding tert-OH is 2. The Morgan fingerprint density at radius 1 is 1.12 bits per heavy atom. The molecule has 1 fully saturated rings. The Morgan fingerprint density at radius 2 is 1.68 bits per heavy atom. The molecule has 0 spiro atoms. The van der Waals surface area contributed by atoms with Gasteiger partial charge in [0, 0.05) is 18.2 Å². The Balaban J connectivity index is -0.00000240. The molecule has 17 nitrogen and oxygen atoms in total. The number of aromatic nitrogens is 2. The molecule has 0 aliphatic carbocycles. The summed E-state index contributed by atoms with van der Waals surface area (Å²) in [4.78, 5) is 58.5. The van der Waals surface area contributed by atoms with Crippen LogP contribution in [-0.4, -0.2) is 38.6 Å². The van der Waals surface area contributed by atoms with Crippen molar-refractivity contribution in [3.05, 3.63) is 22.2 Å². The molecule has 0 amide bonds. The van der Waals surface area contributed by atoms with Gasteiger partial charge in [-0.1, -0.05) is 0 Å². The molecular formula is C10H14Li4N3O14P3. The molecule has 0 radical (unpaired) electrons. The van der Waals surface area contributed by atoms with Crippen molar-refractivity contribution in [3.8, 4) is 0 Å². The number of phosphoric acid groups is 3. The standard InChI is InChI=1S/C10H18N3O14P3.4Li/c11-9-5(3-14)2-13(10(16)12-9)8-1-6(15)7(25-8)4-24-29(20,21)27-30(22,23)26-28(17,18)19;;;;/h2,6-8,14-15H,1,3-4H2,(H,20,21)(H,22,23)(H2,11,12,16)(H2,17,18,19);;;;/q;4*+1/p-4. The van der Waals surface area contributed by atoms with E-state index in [1.165, 1.54) is 0 Å². The molecule has 34 heavy (non-hydrogen) atoms. The fraction of sp³-hybridized carbons (Fsp3) is 0.600. The van der Waals surface area contributed by atoms with E-state index in [4.69, 9.17) is 10.5 Å². The Morgan fingerprint density at radius 3 is 2.18 bits per heavy atom. The quantitative estimate of drug-likeness (QED) is 0.201. The summed E-state index contributed by atoms with van der Waals surface area (Å²) in [5, 5.41) is 19.1. The van der Waals surface area contributed by atoms with Crippen LogP contribution in [0.5, 0.6) is 0 Å².